The lowest BCUT2D eigenvalue weighted by atomic mass is 9.77. The van der Waals surface area contributed by atoms with E-state index in [1.165, 1.54) is 0 Å². The monoisotopic (exact) mass is 330 g/mol. The summed E-state index contributed by atoms with van der Waals surface area (Å²) in [6.07, 6.45) is 7.54. The summed E-state index contributed by atoms with van der Waals surface area (Å²) in [6.45, 7) is 15.9. The van der Waals surface area contributed by atoms with E-state index in [0.717, 1.165) is 33.4 Å². The molecule has 2 aliphatic carbocycles. The second-order valence-electron chi connectivity index (χ2n) is 6.11. The lowest BCUT2D eigenvalue weighted by Gasteiger charge is -2.26. The maximum absolute atomic E-state index is 11.6. The number of nitrogens with two attached hydrogens (primary N) is 1. The molecule has 2 aliphatic rings. The highest BCUT2D eigenvalue weighted by Gasteiger charge is 2.40. The van der Waals surface area contributed by atoms with E-state index in [2.05, 4.69) is 17.6 Å². The Hall–Kier alpha value is -1.98. The molecule has 0 aromatic rings. The molecule has 0 aromatic heterocycles. The summed E-state index contributed by atoms with van der Waals surface area (Å²) in [5, 5.41) is 5.17. The van der Waals surface area contributed by atoms with Gasteiger partial charge in [0.05, 0.1) is 5.71 Å². The average Bonchev–Trinajstić information content (AvgIpc) is 2.68. The zero-order chi connectivity index (χ0) is 17.6. The summed E-state index contributed by atoms with van der Waals surface area (Å²) in [5.74, 6) is 0. The van der Waals surface area contributed by atoms with Gasteiger partial charge in [-0.3, -0.25) is 0 Å². The van der Waals surface area contributed by atoms with E-state index in [1.54, 1.807) is 6.08 Å². The Morgan fingerprint density at radius 3 is 2.22 bits per heavy atom. The first kappa shape index (κ1) is 17.4. The van der Waals surface area contributed by atoms with Crippen molar-refractivity contribution in [2.75, 3.05) is 0 Å². The molecule has 0 radical (unpaired) electrons. The van der Waals surface area contributed by atoms with Gasteiger partial charge in [0.15, 0.2) is 0 Å². The van der Waals surface area contributed by atoms with Crippen LogP contribution in [0.25, 0.3) is 0 Å². The van der Waals surface area contributed by atoms with Crippen LogP contribution in [0.15, 0.2) is 75.3 Å². The van der Waals surface area contributed by atoms with Crippen LogP contribution in [0.1, 0.15) is 27.7 Å². The minimum absolute atomic E-state index is 0.292. The molecule has 0 aliphatic heterocycles. The molecule has 0 fully saturated rings. The summed E-state index contributed by atoms with van der Waals surface area (Å²) in [4.78, 5) is 0. The third-order valence-electron chi connectivity index (χ3n) is 4.21. The van der Waals surface area contributed by atoms with Gasteiger partial charge in [0, 0.05) is 16.6 Å². The standard InChI is InChI=1S/C18H22N2O2S/c1-7-12-13(8-2)16-11(4)18(5,6)10-15(16)17(14(12)9-3)20-23(19,21)22/h7-10H,2,4H2,1,3,5-6H3,(H2,19,21,22)/b12-7?,14-9+,20-17?. The number of fused-ring (bicyclic) bond motifs is 1. The molecule has 122 valence electrons. The lowest BCUT2D eigenvalue weighted by Crippen LogP contribution is -2.21. The smallest absolute Gasteiger partial charge is 0.210 e. The van der Waals surface area contributed by atoms with Gasteiger partial charge in [0.2, 0.25) is 0 Å². The van der Waals surface area contributed by atoms with E-state index >= 15 is 0 Å². The van der Waals surface area contributed by atoms with Crippen molar-refractivity contribution in [3.05, 3.63) is 70.9 Å². The maximum atomic E-state index is 11.6. The Morgan fingerprint density at radius 1 is 1.22 bits per heavy atom. The van der Waals surface area contributed by atoms with Crippen molar-refractivity contribution in [1.82, 2.24) is 0 Å². The van der Waals surface area contributed by atoms with Gasteiger partial charge < -0.3 is 0 Å². The Kier molecular flexibility index (Phi) is 4.22. The van der Waals surface area contributed by atoms with Crippen LogP contribution < -0.4 is 5.14 Å². The van der Waals surface area contributed by atoms with Crippen LogP contribution in [0.4, 0.5) is 0 Å². The molecule has 0 saturated heterocycles. The molecule has 4 nitrogen and oxygen atoms in total. The van der Waals surface area contributed by atoms with Crippen LogP contribution >= 0.6 is 0 Å². The third-order valence-corrected chi connectivity index (χ3v) is 4.65. The van der Waals surface area contributed by atoms with Gasteiger partial charge in [-0.25, -0.2) is 5.14 Å². The quantitative estimate of drug-likeness (QED) is 0.841. The highest BCUT2D eigenvalue weighted by Crippen LogP contribution is 2.50. The Morgan fingerprint density at radius 2 is 1.78 bits per heavy atom. The summed E-state index contributed by atoms with van der Waals surface area (Å²) in [7, 11) is -4.02. The van der Waals surface area contributed by atoms with Crippen molar-refractivity contribution in [2.45, 2.75) is 27.7 Å². The molecule has 0 heterocycles. The van der Waals surface area contributed by atoms with Crippen molar-refractivity contribution in [3.8, 4) is 0 Å². The molecule has 0 saturated carbocycles. The molecular weight excluding hydrogens is 308 g/mol. The fraction of sp³-hybridized carbons (Fsp3) is 0.278. The van der Waals surface area contributed by atoms with Crippen LogP contribution in [-0.2, 0) is 10.2 Å². The zero-order valence-electron chi connectivity index (χ0n) is 14.0. The molecule has 0 unspecified atom stereocenters. The van der Waals surface area contributed by atoms with Crippen LogP contribution in [-0.4, -0.2) is 14.1 Å². The van der Waals surface area contributed by atoms with Gasteiger partial charge >= 0.3 is 10.2 Å². The molecule has 2 rings (SSSR count). The number of hydrogen-bond acceptors (Lipinski definition) is 2. The van der Waals surface area contributed by atoms with E-state index in [-0.39, 0.29) is 5.41 Å². The van der Waals surface area contributed by atoms with Gasteiger partial charge in [-0.2, -0.15) is 8.42 Å². The van der Waals surface area contributed by atoms with E-state index in [1.807, 2.05) is 45.9 Å². The number of rotatable bonds is 2. The van der Waals surface area contributed by atoms with E-state index in [9.17, 15) is 8.42 Å². The molecule has 5 heteroatoms. The van der Waals surface area contributed by atoms with E-state index < -0.39 is 10.2 Å². The predicted molar refractivity (Wildman–Crippen MR) is 96.3 cm³/mol. The molecule has 23 heavy (non-hydrogen) atoms. The number of nitrogens with zero attached hydrogens (tertiary/aromatic N) is 1. The maximum Gasteiger partial charge on any atom is 0.317 e. The predicted octanol–water partition coefficient (Wildman–Crippen LogP) is 3.54. The Balaban J connectivity index is 2.98. The highest BCUT2D eigenvalue weighted by atomic mass is 32.2. The van der Waals surface area contributed by atoms with Gasteiger partial charge in [0.1, 0.15) is 0 Å². The summed E-state index contributed by atoms with van der Waals surface area (Å²) in [5.41, 5.74) is 5.20. The molecule has 0 bridgehead atoms. The number of hydrogen-bond donors (Lipinski definition) is 1. The van der Waals surface area contributed by atoms with Gasteiger partial charge in [-0.15, -0.1) is 4.40 Å². The fourth-order valence-electron chi connectivity index (χ4n) is 3.09. The zero-order valence-corrected chi connectivity index (χ0v) is 14.8. The number of allylic oxidation sites excluding steroid dienone is 10. The van der Waals surface area contributed by atoms with Crippen molar-refractivity contribution in [1.29, 1.82) is 0 Å². The van der Waals surface area contributed by atoms with E-state index in [4.69, 9.17) is 5.14 Å². The SMILES string of the molecule is C=CC1=C2C(=C)C(C)(C)C=C2C(=NS(N)(=O)=O)/C(=C/C)C1=CC. The second kappa shape index (κ2) is 5.58. The normalized spacial score (nSPS) is 26.0. The van der Waals surface area contributed by atoms with Crippen molar-refractivity contribution >= 4 is 15.9 Å². The molecule has 0 atom stereocenters. The second-order valence-corrected chi connectivity index (χ2v) is 7.32. The topological polar surface area (TPSA) is 72.5 Å². The molecule has 0 spiro atoms. The summed E-state index contributed by atoms with van der Waals surface area (Å²) < 4.78 is 27.0. The van der Waals surface area contributed by atoms with Crippen LogP contribution in [0, 0.1) is 5.41 Å². The molecule has 2 N–H and O–H groups in total. The molecule has 0 amide bonds. The van der Waals surface area contributed by atoms with Gasteiger partial charge in [-0.05, 0) is 36.1 Å². The Labute approximate surface area is 138 Å². The summed E-state index contributed by atoms with van der Waals surface area (Å²) >= 11 is 0. The minimum atomic E-state index is -4.02. The lowest BCUT2D eigenvalue weighted by molar-refractivity contribution is 0.599. The van der Waals surface area contributed by atoms with E-state index in [0.29, 0.717) is 5.71 Å². The highest BCUT2D eigenvalue weighted by molar-refractivity contribution is 7.88. The van der Waals surface area contributed by atoms with Crippen LogP contribution in [0.2, 0.25) is 0 Å². The summed E-state index contributed by atoms with van der Waals surface area (Å²) in [6, 6.07) is 0. The fourth-order valence-corrected chi connectivity index (χ4v) is 3.54. The Bertz CT molecular complexity index is 861. The largest absolute Gasteiger partial charge is 0.317 e. The minimum Gasteiger partial charge on any atom is -0.210 e. The van der Waals surface area contributed by atoms with Crippen molar-refractivity contribution < 1.29 is 8.42 Å². The van der Waals surface area contributed by atoms with Gasteiger partial charge in [0.25, 0.3) is 0 Å². The van der Waals surface area contributed by atoms with Crippen molar-refractivity contribution in [3.63, 3.8) is 0 Å². The van der Waals surface area contributed by atoms with Gasteiger partial charge in [-0.1, -0.05) is 51.3 Å². The molecule has 0 aromatic carbocycles. The van der Waals surface area contributed by atoms with Crippen molar-refractivity contribution in [2.24, 2.45) is 15.0 Å². The van der Waals surface area contributed by atoms with Crippen LogP contribution in [0.5, 0.6) is 0 Å². The first-order valence-electron chi connectivity index (χ1n) is 7.34. The first-order chi connectivity index (χ1) is 10.6. The first-order valence-corrected chi connectivity index (χ1v) is 8.84. The molecular formula is C18H22N2O2S. The average molecular weight is 330 g/mol. The third kappa shape index (κ3) is 2.82. The van der Waals surface area contributed by atoms with Crippen LogP contribution in [0.3, 0.4) is 0 Å².